The summed E-state index contributed by atoms with van der Waals surface area (Å²) in [5, 5.41) is 4.81. The quantitative estimate of drug-likeness (QED) is 0.326. The molecule has 0 amide bonds. The minimum atomic E-state index is -0.412. The molecular weight excluding hydrogens is 380 g/mol. The molecule has 134 valence electrons. The number of thiazole rings is 1. The van der Waals surface area contributed by atoms with Crippen molar-refractivity contribution < 1.29 is 14.3 Å². The number of carbonyl (C=O) groups excluding carboxylic acids is 1. The zero-order chi connectivity index (χ0) is 18.6. The Labute approximate surface area is 163 Å². The van der Waals surface area contributed by atoms with E-state index in [2.05, 4.69) is 9.97 Å². The second kappa shape index (κ2) is 7.69. The summed E-state index contributed by atoms with van der Waals surface area (Å²) in [4.78, 5) is 21.6. The Bertz CT molecular complexity index is 1040. The summed E-state index contributed by atoms with van der Waals surface area (Å²) in [7, 11) is 0. The summed E-state index contributed by atoms with van der Waals surface area (Å²) in [5.74, 6) is 1.15. The fourth-order valence-corrected chi connectivity index (χ4v) is 4.01. The molecule has 0 saturated heterocycles. The number of thiophene rings is 1. The molecule has 0 aliphatic carbocycles. The first-order chi connectivity index (χ1) is 13.2. The lowest BCUT2D eigenvalue weighted by Gasteiger charge is -2.06. The van der Waals surface area contributed by atoms with E-state index in [-0.39, 0.29) is 0 Å². The highest BCUT2D eigenvalue weighted by atomic mass is 32.1. The highest BCUT2D eigenvalue weighted by Gasteiger charge is 2.18. The molecule has 4 rings (SSSR count). The van der Waals surface area contributed by atoms with Crippen LogP contribution in [-0.4, -0.2) is 15.9 Å². The van der Waals surface area contributed by atoms with Gasteiger partial charge in [0.25, 0.3) is 0 Å². The molecule has 1 aromatic carbocycles. The fraction of sp³-hybridized carbons (Fsp3) is 0.0500. The van der Waals surface area contributed by atoms with E-state index in [0.29, 0.717) is 28.0 Å². The summed E-state index contributed by atoms with van der Waals surface area (Å²) in [6.45, 7) is 1.81. The molecule has 3 heterocycles. The lowest BCUT2D eigenvalue weighted by molar-refractivity contribution is 0.0738. The molecule has 0 fully saturated rings. The summed E-state index contributed by atoms with van der Waals surface area (Å²) in [5.41, 5.74) is 1.68. The number of rotatable bonds is 5. The first-order valence-corrected chi connectivity index (χ1v) is 9.86. The Morgan fingerprint density at radius 2 is 1.85 bits per heavy atom. The molecule has 4 aromatic rings. The second-order valence-electron chi connectivity index (χ2n) is 5.58. The van der Waals surface area contributed by atoms with E-state index in [1.54, 1.807) is 47.9 Å². The van der Waals surface area contributed by atoms with Crippen LogP contribution >= 0.6 is 22.7 Å². The van der Waals surface area contributed by atoms with E-state index in [0.717, 1.165) is 10.6 Å². The van der Waals surface area contributed by atoms with Crippen LogP contribution in [0.25, 0.3) is 10.6 Å². The molecule has 0 N–H and O–H groups in total. The number of esters is 1. The summed E-state index contributed by atoms with van der Waals surface area (Å²) >= 11 is 2.93. The van der Waals surface area contributed by atoms with Crippen molar-refractivity contribution in [3.63, 3.8) is 0 Å². The molecule has 7 heteroatoms. The van der Waals surface area contributed by atoms with Crippen molar-refractivity contribution >= 4 is 28.6 Å². The zero-order valence-corrected chi connectivity index (χ0v) is 15.9. The number of hydrogen-bond acceptors (Lipinski definition) is 7. The lowest BCUT2D eigenvalue weighted by atomic mass is 10.3. The van der Waals surface area contributed by atoms with Gasteiger partial charge in [-0.15, -0.1) is 11.3 Å². The number of pyridine rings is 1. The molecule has 0 aliphatic rings. The molecule has 0 spiro atoms. The predicted octanol–water partition coefficient (Wildman–Crippen LogP) is 5.59. The monoisotopic (exact) mass is 394 g/mol. The van der Waals surface area contributed by atoms with E-state index >= 15 is 0 Å². The Morgan fingerprint density at radius 1 is 1.04 bits per heavy atom. The van der Waals surface area contributed by atoms with Gasteiger partial charge >= 0.3 is 5.97 Å². The Kier molecular flexibility index (Phi) is 4.95. The molecular formula is C20H14N2O3S2. The van der Waals surface area contributed by atoms with Gasteiger partial charge in [0.05, 0.1) is 5.69 Å². The molecule has 0 saturated carbocycles. The van der Waals surface area contributed by atoms with Gasteiger partial charge in [-0.1, -0.05) is 6.07 Å². The van der Waals surface area contributed by atoms with E-state index < -0.39 is 5.97 Å². The number of nitrogens with zero attached hydrogens (tertiary/aromatic N) is 2. The Hall–Kier alpha value is -3.03. The van der Waals surface area contributed by atoms with Crippen molar-refractivity contribution in [2.75, 3.05) is 0 Å². The summed E-state index contributed by atoms with van der Waals surface area (Å²) in [6, 6.07) is 14.3. The van der Waals surface area contributed by atoms with E-state index in [1.807, 2.05) is 35.9 Å². The third-order valence-corrected chi connectivity index (χ3v) is 5.51. The molecule has 5 nitrogen and oxygen atoms in total. The standard InChI is InChI=1S/C20H14N2O3S2/c1-13-18(27-19(22-13)14-9-11-26-12-14)20(23)25-16-7-5-15(6-8-16)24-17-4-2-3-10-21-17/h2-12H,1H3. The molecule has 0 atom stereocenters. The van der Waals surface area contributed by atoms with Crippen molar-refractivity contribution in [3.8, 4) is 28.0 Å². The Balaban J connectivity index is 1.45. The van der Waals surface area contributed by atoms with Crippen molar-refractivity contribution in [3.05, 3.63) is 76.1 Å². The van der Waals surface area contributed by atoms with Gasteiger partial charge in [-0.2, -0.15) is 11.3 Å². The third kappa shape index (κ3) is 4.05. The maximum absolute atomic E-state index is 12.5. The van der Waals surface area contributed by atoms with E-state index in [4.69, 9.17) is 9.47 Å². The molecule has 3 aromatic heterocycles. The maximum Gasteiger partial charge on any atom is 0.355 e. The van der Waals surface area contributed by atoms with Crippen LogP contribution in [-0.2, 0) is 0 Å². The van der Waals surface area contributed by atoms with Gasteiger partial charge in [0.15, 0.2) is 0 Å². The number of aromatic nitrogens is 2. The number of benzene rings is 1. The van der Waals surface area contributed by atoms with Crippen molar-refractivity contribution in [2.45, 2.75) is 6.92 Å². The number of ether oxygens (including phenoxy) is 2. The SMILES string of the molecule is Cc1nc(-c2ccsc2)sc1C(=O)Oc1ccc(Oc2ccccn2)cc1. The fourth-order valence-electron chi connectivity index (χ4n) is 2.35. The number of carbonyl (C=O) groups is 1. The van der Waals surface area contributed by atoms with Gasteiger partial charge < -0.3 is 9.47 Å². The minimum absolute atomic E-state index is 0.412. The van der Waals surface area contributed by atoms with Gasteiger partial charge in [0.1, 0.15) is 21.4 Å². The van der Waals surface area contributed by atoms with Crippen LogP contribution in [0.3, 0.4) is 0 Å². The summed E-state index contributed by atoms with van der Waals surface area (Å²) < 4.78 is 11.1. The molecule has 0 unspecified atom stereocenters. The second-order valence-corrected chi connectivity index (χ2v) is 7.36. The van der Waals surface area contributed by atoms with Crippen molar-refractivity contribution in [1.29, 1.82) is 0 Å². The number of hydrogen-bond donors (Lipinski definition) is 0. The average molecular weight is 394 g/mol. The maximum atomic E-state index is 12.5. The first kappa shape index (κ1) is 17.4. The largest absolute Gasteiger partial charge is 0.439 e. The van der Waals surface area contributed by atoms with Crippen LogP contribution in [0.5, 0.6) is 17.4 Å². The zero-order valence-electron chi connectivity index (χ0n) is 14.3. The van der Waals surface area contributed by atoms with Crippen LogP contribution in [0.15, 0.2) is 65.5 Å². The first-order valence-electron chi connectivity index (χ1n) is 8.10. The van der Waals surface area contributed by atoms with Crippen LogP contribution < -0.4 is 9.47 Å². The highest BCUT2D eigenvalue weighted by molar-refractivity contribution is 7.17. The van der Waals surface area contributed by atoms with Gasteiger partial charge in [0, 0.05) is 23.2 Å². The molecule has 0 bridgehead atoms. The summed E-state index contributed by atoms with van der Waals surface area (Å²) in [6.07, 6.45) is 1.66. The third-order valence-electron chi connectivity index (χ3n) is 3.64. The number of aryl methyl sites for hydroxylation is 1. The van der Waals surface area contributed by atoms with E-state index in [1.165, 1.54) is 11.3 Å². The van der Waals surface area contributed by atoms with Crippen LogP contribution in [0.2, 0.25) is 0 Å². The van der Waals surface area contributed by atoms with Crippen LogP contribution in [0, 0.1) is 6.92 Å². The van der Waals surface area contributed by atoms with Gasteiger partial charge in [-0.05, 0) is 48.7 Å². The van der Waals surface area contributed by atoms with Crippen LogP contribution in [0.4, 0.5) is 0 Å². The van der Waals surface area contributed by atoms with Crippen LogP contribution in [0.1, 0.15) is 15.4 Å². The molecule has 0 radical (unpaired) electrons. The minimum Gasteiger partial charge on any atom is -0.439 e. The van der Waals surface area contributed by atoms with Crippen molar-refractivity contribution in [2.24, 2.45) is 0 Å². The molecule has 0 aliphatic heterocycles. The Morgan fingerprint density at radius 3 is 2.56 bits per heavy atom. The van der Waals surface area contributed by atoms with Gasteiger partial charge in [-0.25, -0.2) is 14.8 Å². The van der Waals surface area contributed by atoms with E-state index in [9.17, 15) is 4.79 Å². The van der Waals surface area contributed by atoms with Gasteiger partial charge in [-0.3, -0.25) is 0 Å². The van der Waals surface area contributed by atoms with Gasteiger partial charge in [0.2, 0.25) is 5.88 Å². The average Bonchev–Trinajstić information content (AvgIpc) is 3.34. The molecule has 27 heavy (non-hydrogen) atoms. The topological polar surface area (TPSA) is 61.3 Å². The van der Waals surface area contributed by atoms with Crippen molar-refractivity contribution in [1.82, 2.24) is 9.97 Å². The highest BCUT2D eigenvalue weighted by Crippen LogP contribution is 2.30. The normalized spacial score (nSPS) is 10.6. The predicted molar refractivity (Wildman–Crippen MR) is 106 cm³/mol. The smallest absolute Gasteiger partial charge is 0.355 e. The lowest BCUT2D eigenvalue weighted by Crippen LogP contribution is -2.07.